The Kier molecular flexibility index (Phi) is 5.40. The summed E-state index contributed by atoms with van der Waals surface area (Å²) in [6.45, 7) is 4.56. The Balaban J connectivity index is 2.05. The van der Waals surface area contributed by atoms with E-state index in [2.05, 4.69) is 15.6 Å². The van der Waals surface area contributed by atoms with Crippen molar-refractivity contribution in [2.75, 3.05) is 6.61 Å². The molecule has 0 radical (unpaired) electrons. The molecule has 1 aromatic heterocycles. The van der Waals surface area contributed by atoms with Gasteiger partial charge < -0.3 is 4.74 Å². The number of carbonyl (C=O) groups is 2. The lowest BCUT2D eigenvalue weighted by molar-refractivity contribution is -0.122. The molecule has 124 valence electrons. The fourth-order valence-corrected chi connectivity index (χ4v) is 2.36. The number of para-hydroxylation sites is 2. The van der Waals surface area contributed by atoms with Crippen LogP contribution in [0.3, 0.4) is 0 Å². The van der Waals surface area contributed by atoms with Crippen molar-refractivity contribution < 1.29 is 14.3 Å². The minimum atomic E-state index is -0.722. The van der Waals surface area contributed by atoms with Gasteiger partial charge in [-0.15, -0.1) is 0 Å². The van der Waals surface area contributed by atoms with Gasteiger partial charge in [0.05, 0.1) is 17.6 Å². The van der Waals surface area contributed by atoms with Gasteiger partial charge in [0.15, 0.2) is 0 Å². The Hall–Kier alpha value is -2.77. The van der Waals surface area contributed by atoms with Crippen LogP contribution >= 0.6 is 0 Å². The molecule has 1 heterocycles. The smallest absolute Gasteiger partial charge is 0.426 e. The molecule has 0 spiro atoms. The fourth-order valence-electron chi connectivity index (χ4n) is 2.36. The minimum absolute atomic E-state index is 0.0596. The van der Waals surface area contributed by atoms with Crippen LogP contribution in [0.15, 0.2) is 29.1 Å². The number of carbonyl (C=O) groups excluding carboxylic acids is 2. The summed E-state index contributed by atoms with van der Waals surface area (Å²) < 4.78 is 7.84. The van der Waals surface area contributed by atoms with Gasteiger partial charge in [0.2, 0.25) is 5.91 Å². The number of hydrogen-bond donors (Lipinski definition) is 2. The van der Waals surface area contributed by atoms with E-state index in [0.717, 1.165) is 11.0 Å². The molecule has 2 amide bonds. The molecule has 8 heteroatoms. The van der Waals surface area contributed by atoms with Crippen LogP contribution in [0.5, 0.6) is 0 Å². The second kappa shape index (κ2) is 7.48. The van der Waals surface area contributed by atoms with Crippen molar-refractivity contribution in [1.82, 2.24) is 20.0 Å². The zero-order valence-electron chi connectivity index (χ0n) is 13.2. The quantitative estimate of drug-likeness (QED) is 0.803. The van der Waals surface area contributed by atoms with Gasteiger partial charge >= 0.3 is 11.8 Å². The first-order valence-corrected chi connectivity index (χ1v) is 7.48. The molecule has 0 bridgehead atoms. The Morgan fingerprint density at radius 3 is 2.35 bits per heavy atom. The molecule has 23 heavy (non-hydrogen) atoms. The van der Waals surface area contributed by atoms with Crippen LogP contribution in [0.1, 0.15) is 20.3 Å². The third-order valence-corrected chi connectivity index (χ3v) is 3.38. The number of imidazole rings is 1. The zero-order valence-corrected chi connectivity index (χ0v) is 13.2. The van der Waals surface area contributed by atoms with Gasteiger partial charge in [0.1, 0.15) is 0 Å². The number of nitrogens with zero attached hydrogens (tertiary/aromatic N) is 2. The van der Waals surface area contributed by atoms with Gasteiger partial charge in [-0.2, -0.15) is 0 Å². The number of fused-ring (bicyclic) bond motifs is 1. The number of hydrogen-bond acceptors (Lipinski definition) is 4. The van der Waals surface area contributed by atoms with Crippen LogP contribution in [0.4, 0.5) is 4.79 Å². The molecule has 0 aliphatic carbocycles. The minimum Gasteiger partial charge on any atom is -0.449 e. The normalized spacial score (nSPS) is 10.5. The average Bonchev–Trinajstić information content (AvgIpc) is 2.82. The molecule has 1 aromatic carbocycles. The highest BCUT2D eigenvalue weighted by Gasteiger charge is 2.13. The van der Waals surface area contributed by atoms with Gasteiger partial charge in [-0.1, -0.05) is 12.1 Å². The van der Waals surface area contributed by atoms with E-state index in [1.54, 1.807) is 16.1 Å². The van der Waals surface area contributed by atoms with E-state index in [9.17, 15) is 14.4 Å². The summed E-state index contributed by atoms with van der Waals surface area (Å²) in [5, 5.41) is 0. The number of rotatable bonds is 5. The molecule has 0 saturated carbocycles. The van der Waals surface area contributed by atoms with Gasteiger partial charge in [0.25, 0.3) is 0 Å². The SMILES string of the molecule is CCOC(=O)NNC(=O)CCn1c(=O)n(CC)c2ccccc21. The largest absolute Gasteiger partial charge is 0.449 e. The van der Waals surface area contributed by atoms with Gasteiger partial charge in [-0.3, -0.25) is 19.4 Å². The average molecular weight is 320 g/mol. The summed E-state index contributed by atoms with van der Waals surface area (Å²) in [4.78, 5) is 35.2. The second-order valence-electron chi connectivity index (χ2n) is 4.81. The van der Waals surface area contributed by atoms with Crippen LogP contribution in [-0.4, -0.2) is 27.7 Å². The number of amides is 2. The molecule has 8 nitrogen and oxygen atoms in total. The Morgan fingerprint density at radius 1 is 1.09 bits per heavy atom. The monoisotopic (exact) mass is 320 g/mol. The van der Waals surface area contributed by atoms with Crippen molar-refractivity contribution >= 4 is 23.0 Å². The molecule has 2 rings (SSSR count). The number of ether oxygens (including phenoxy) is 1. The first-order valence-electron chi connectivity index (χ1n) is 7.48. The molecule has 0 aliphatic rings. The summed E-state index contributed by atoms with van der Waals surface area (Å²) in [5.41, 5.74) is 5.84. The molecule has 0 atom stereocenters. The van der Waals surface area contributed by atoms with Crippen molar-refractivity contribution in [1.29, 1.82) is 0 Å². The second-order valence-corrected chi connectivity index (χ2v) is 4.81. The first kappa shape index (κ1) is 16.6. The molecule has 0 fully saturated rings. The molecule has 0 aliphatic heterocycles. The highest BCUT2D eigenvalue weighted by Crippen LogP contribution is 2.12. The Morgan fingerprint density at radius 2 is 1.74 bits per heavy atom. The van der Waals surface area contributed by atoms with E-state index in [1.165, 1.54) is 0 Å². The molecular formula is C15H20N4O4. The third-order valence-electron chi connectivity index (χ3n) is 3.38. The van der Waals surface area contributed by atoms with Crippen LogP contribution in [-0.2, 0) is 22.6 Å². The van der Waals surface area contributed by atoms with Crippen molar-refractivity contribution in [3.63, 3.8) is 0 Å². The van der Waals surface area contributed by atoms with Crippen molar-refractivity contribution in [2.45, 2.75) is 33.4 Å². The van der Waals surface area contributed by atoms with E-state index in [0.29, 0.717) is 6.54 Å². The summed E-state index contributed by atoms with van der Waals surface area (Å²) in [5.74, 6) is -0.404. The van der Waals surface area contributed by atoms with Gasteiger partial charge in [-0.25, -0.2) is 15.0 Å². The zero-order chi connectivity index (χ0) is 16.8. The number of aryl methyl sites for hydroxylation is 2. The van der Waals surface area contributed by atoms with Crippen LogP contribution < -0.4 is 16.5 Å². The van der Waals surface area contributed by atoms with E-state index < -0.39 is 12.0 Å². The molecule has 2 aromatic rings. The number of nitrogens with one attached hydrogen (secondary N) is 2. The molecule has 0 unspecified atom stereocenters. The van der Waals surface area contributed by atoms with Crippen LogP contribution in [0, 0.1) is 0 Å². The van der Waals surface area contributed by atoms with Crippen LogP contribution in [0.2, 0.25) is 0 Å². The molecule has 0 saturated heterocycles. The highest BCUT2D eigenvalue weighted by molar-refractivity contribution is 5.79. The lowest BCUT2D eigenvalue weighted by Crippen LogP contribution is -2.42. The summed E-state index contributed by atoms with van der Waals surface area (Å²) >= 11 is 0. The maximum absolute atomic E-state index is 12.4. The van der Waals surface area contributed by atoms with Crippen molar-refractivity contribution in [3.05, 3.63) is 34.7 Å². The molecular weight excluding hydrogens is 300 g/mol. The summed E-state index contributed by atoms with van der Waals surface area (Å²) in [6, 6.07) is 7.44. The Bertz CT molecular complexity index is 762. The topological polar surface area (TPSA) is 94.4 Å². The summed E-state index contributed by atoms with van der Waals surface area (Å²) in [7, 11) is 0. The number of hydrazine groups is 1. The summed E-state index contributed by atoms with van der Waals surface area (Å²) in [6.07, 6.45) is -0.662. The van der Waals surface area contributed by atoms with E-state index >= 15 is 0 Å². The number of aromatic nitrogens is 2. The van der Waals surface area contributed by atoms with E-state index in [-0.39, 0.29) is 25.3 Å². The van der Waals surface area contributed by atoms with Crippen molar-refractivity contribution in [3.8, 4) is 0 Å². The lowest BCUT2D eigenvalue weighted by atomic mass is 10.3. The lowest BCUT2D eigenvalue weighted by Gasteiger charge is -2.07. The fraction of sp³-hybridized carbons (Fsp3) is 0.400. The Labute approximate surface area is 133 Å². The molecule has 2 N–H and O–H groups in total. The third kappa shape index (κ3) is 3.71. The van der Waals surface area contributed by atoms with E-state index in [4.69, 9.17) is 0 Å². The van der Waals surface area contributed by atoms with Crippen molar-refractivity contribution in [2.24, 2.45) is 0 Å². The standard InChI is InChI=1S/C15H20N4O4/c1-3-18-11-7-5-6-8-12(11)19(15(18)22)10-9-13(20)16-17-14(21)23-4-2/h5-8H,3-4,9-10H2,1-2H3,(H,16,20)(H,17,21). The van der Waals surface area contributed by atoms with Gasteiger partial charge in [0, 0.05) is 19.5 Å². The van der Waals surface area contributed by atoms with Gasteiger partial charge in [-0.05, 0) is 26.0 Å². The van der Waals surface area contributed by atoms with Crippen LogP contribution in [0.25, 0.3) is 11.0 Å². The predicted octanol–water partition coefficient (Wildman–Crippen LogP) is 0.990. The number of benzene rings is 1. The maximum atomic E-state index is 12.4. The first-order chi connectivity index (χ1) is 11.1. The highest BCUT2D eigenvalue weighted by atomic mass is 16.5. The maximum Gasteiger partial charge on any atom is 0.426 e. The predicted molar refractivity (Wildman–Crippen MR) is 84.8 cm³/mol. The van der Waals surface area contributed by atoms with E-state index in [1.807, 2.05) is 31.2 Å².